The Kier molecular flexibility index (Phi) is 5.69. The number of carbonyl (C=O) groups excluding carboxylic acids is 1. The summed E-state index contributed by atoms with van der Waals surface area (Å²) in [5.41, 5.74) is -0.600. The highest BCUT2D eigenvalue weighted by Gasteiger charge is 2.49. The second-order valence-corrected chi connectivity index (χ2v) is 9.95. The highest BCUT2D eigenvalue weighted by atomic mass is 16.6. The van der Waals surface area contributed by atoms with E-state index in [1.165, 1.54) is 4.90 Å². The molecular weight excluding hydrogens is 306 g/mol. The maximum absolute atomic E-state index is 12.8. The van der Waals surface area contributed by atoms with Crippen LogP contribution in [-0.2, 0) is 9.53 Å². The van der Waals surface area contributed by atoms with E-state index in [-0.39, 0.29) is 28.3 Å². The number of carbonyl (C=O) groups is 2. The van der Waals surface area contributed by atoms with E-state index < -0.39 is 18.1 Å². The van der Waals surface area contributed by atoms with E-state index in [1.807, 2.05) is 6.92 Å². The monoisotopic (exact) mass is 341 g/mol. The first-order valence-corrected chi connectivity index (χ1v) is 8.79. The number of nitrogens with zero attached hydrogens (tertiary/aromatic N) is 1. The Bertz CT molecular complexity index is 485. The lowest BCUT2D eigenvalue weighted by molar-refractivity contribution is -0.143. The number of likely N-dealkylation sites (tertiary alicyclic amines) is 1. The number of ether oxygens (including phenoxy) is 1. The minimum atomic E-state index is -0.960. The van der Waals surface area contributed by atoms with Crippen LogP contribution in [0.25, 0.3) is 0 Å². The quantitative estimate of drug-likeness (QED) is 0.826. The normalized spacial score (nSPS) is 24.0. The molecule has 1 heterocycles. The SMILES string of the molecule is C[C@@H]1C[C@@H](C(=O)O)N(C(=O)OC(C(C)(C)C)C(C)(C)C(C)(C)C)C1. The summed E-state index contributed by atoms with van der Waals surface area (Å²) in [5.74, 6) is -0.791. The fourth-order valence-electron chi connectivity index (χ4n) is 3.45. The summed E-state index contributed by atoms with van der Waals surface area (Å²) in [6.45, 7) is 19.2. The van der Waals surface area contributed by atoms with Gasteiger partial charge in [-0.15, -0.1) is 0 Å². The van der Waals surface area contributed by atoms with Crippen LogP contribution in [0.3, 0.4) is 0 Å². The minimum absolute atomic E-state index is 0.0737. The van der Waals surface area contributed by atoms with Gasteiger partial charge < -0.3 is 9.84 Å². The minimum Gasteiger partial charge on any atom is -0.480 e. The summed E-state index contributed by atoms with van der Waals surface area (Å²) in [4.78, 5) is 25.6. The molecule has 1 N–H and O–H groups in total. The van der Waals surface area contributed by atoms with Gasteiger partial charge in [0.1, 0.15) is 12.1 Å². The zero-order chi connectivity index (χ0) is 19.1. The molecule has 1 saturated heterocycles. The van der Waals surface area contributed by atoms with Crippen molar-refractivity contribution in [3.05, 3.63) is 0 Å². The van der Waals surface area contributed by atoms with Crippen LogP contribution in [0.15, 0.2) is 0 Å². The zero-order valence-corrected chi connectivity index (χ0v) is 16.8. The molecule has 1 aliphatic rings. The summed E-state index contributed by atoms with van der Waals surface area (Å²) < 4.78 is 5.94. The van der Waals surface area contributed by atoms with Crippen molar-refractivity contribution in [2.24, 2.45) is 22.2 Å². The average molecular weight is 341 g/mol. The smallest absolute Gasteiger partial charge is 0.410 e. The lowest BCUT2D eigenvalue weighted by Crippen LogP contribution is -2.52. The van der Waals surface area contributed by atoms with E-state index in [4.69, 9.17) is 4.74 Å². The van der Waals surface area contributed by atoms with Gasteiger partial charge in [0, 0.05) is 12.0 Å². The second kappa shape index (κ2) is 6.57. The highest BCUT2D eigenvalue weighted by molar-refractivity contribution is 5.80. The highest BCUT2D eigenvalue weighted by Crippen LogP contribution is 2.48. The van der Waals surface area contributed by atoms with Crippen molar-refractivity contribution in [1.82, 2.24) is 4.90 Å². The Hall–Kier alpha value is -1.26. The molecule has 1 fully saturated rings. The molecule has 0 aromatic carbocycles. The summed E-state index contributed by atoms with van der Waals surface area (Å²) in [6.07, 6.45) is -0.361. The van der Waals surface area contributed by atoms with Crippen molar-refractivity contribution in [3.8, 4) is 0 Å². The van der Waals surface area contributed by atoms with Crippen LogP contribution in [0.5, 0.6) is 0 Å². The molecule has 140 valence electrons. The van der Waals surface area contributed by atoms with Gasteiger partial charge in [-0.25, -0.2) is 9.59 Å². The van der Waals surface area contributed by atoms with Crippen LogP contribution in [0.4, 0.5) is 4.79 Å². The fourth-order valence-corrected chi connectivity index (χ4v) is 3.45. The number of hydrogen-bond donors (Lipinski definition) is 1. The Morgan fingerprint density at radius 3 is 1.96 bits per heavy atom. The maximum Gasteiger partial charge on any atom is 0.410 e. The number of carboxylic acids is 1. The first-order chi connectivity index (χ1) is 10.6. The Labute approximate surface area is 146 Å². The third-order valence-corrected chi connectivity index (χ3v) is 5.62. The van der Waals surface area contributed by atoms with E-state index in [2.05, 4.69) is 55.4 Å². The third-order valence-electron chi connectivity index (χ3n) is 5.62. The number of carboxylic acid groups (broad SMARTS) is 1. The van der Waals surface area contributed by atoms with Gasteiger partial charge in [0.15, 0.2) is 0 Å². The predicted molar refractivity (Wildman–Crippen MR) is 94.9 cm³/mol. The lowest BCUT2D eigenvalue weighted by Gasteiger charge is -2.49. The number of aliphatic carboxylic acids is 1. The van der Waals surface area contributed by atoms with E-state index >= 15 is 0 Å². The van der Waals surface area contributed by atoms with Gasteiger partial charge >= 0.3 is 12.1 Å². The fraction of sp³-hybridized carbons (Fsp3) is 0.895. The molecule has 0 aromatic rings. The first kappa shape index (κ1) is 20.8. The van der Waals surface area contributed by atoms with Gasteiger partial charge in [0.05, 0.1) is 0 Å². The maximum atomic E-state index is 12.8. The Balaban J connectivity index is 3.08. The summed E-state index contributed by atoms with van der Waals surface area (Å²) >= 11 is 0. The van der Waals surface area contributed by atoms with E-state index in [9.17, 15) is 14.7 Å². The van der Waals surface area contributed by atoms with Gasteiger partial charge in [-0.05, 0) is 23.2 Å². The summed E-state index contributed by atoms with van der Waals surface area (Å²) in [6, 6.07) is -0.786. The van der Waals surface area contributed by atoms with E-state index in [0.717, 1.165) is 0 Å². The molecular formula is C19H35NO4. The topological polar surface area (TPSA) is 66.8 Å². The van der Waals surface area contributed by atoms with Crippen LogP contribution >= 0.6 is 0 Å². The largest absolute Gasteiger partial charge is 0.480 e. The molecule has 0 aromatic heterocycles. The van der Waals surface area contributed by atoms with Crippen molar-refractivity contribution in [3.63, 3.8) is 0 Å². The van der Waals surface area contributed by atoms with E-state index in [1.54, 1.807) is 0 Å². The summed E-state index contributed by atoms with van der Waals surface area (Å²) in [7, 11) is 0. The van der Waals surface area contributed by atoms with Crippen LogP contribution < -0.4 is 0 Å². The molecule has 1 aliphatic heterocycles. The standard InChI is InChI=1S/C19H35NO4/c1-12-10-13(14(21)22)20(11-12)16(23)24-15(17(2,3)4)19(8,9)18(5,6)7/h12-13,15H,10-11H2,1-9H3,(H,21,22)/t12-,13+,15?/m1/s1. The summed E-state index contributed by atoms with van der Waals surface area (Å²) in [5, 5.41) is 9.38. The van der Waals surface area contributed by atoms with Crippen molar-refractivity contribution in [2.45, 2.75) is 80.9 Å². The molecule has 5 heteroatoms. The predicted octanol–water partition coefficient (Wildman–Crippen LogP) is 4.41. The molecule has 5 nitrogen and oxygen atoms in total. The van der Waals surface area contributed by atoms with Gasteiger partial charge in [0.2, 0.25) is 0 Å². The molecule has 0 spiro atoms. The zero-order valence-electron chi connectivity index (χ0n) is 16.8. The number of hydrogen-bond acceptors (Lipinski definition) is 3. The number of amides is 1. The van der Waals surface area contributed by atoms with Crippen LogP contribution in [-0.4, -0.2) is 40.8 Å². The molecule has 0 saturated carbocycles. The molecule has 0 bridgehead atoms. The molecule has 0 radical (unpaired) electrons. The van der Waals surface area contributed by atoms with Gasteiger partial charge in [-0.1, -0.05) is 62.3 Å². The Morgan fingerprint density at radius 2 is 1.58 bits per heavy atom. The van der Waals surface area contributed by atoms with Gasteiger partial charge in [-0.2, -0.15) is 0 Å². The molecule has 1 unspecified atom stereocenters. The van der Waals surface area contributed by atoms with Crippen molar-refractivity contribution >= 4 is 12.1 Å². The Morgan fingerprint density at radius 1 is 1.08 bits per heavy atom. The number of rotatable bonds is 3. The van der Waals surface area contributed by atoms with E-state index in [0.29, 0.717) is 13.0 Å². The molecule has 24 heavy (non-hydrogen) atoms. The van der Waals surface area contributed by atoms with Gasteiger partial charge in [0.25, 0.3) is 0 Å². The third kappa shape index (κ3) is 4.22. The molecule has 0 aliphatic carbocycles. The van der Waals surface area contributed by atoms with Crippen LogP contribution in [0.1, 0.15) is 68.7 Å². The molecule has 1 rings (SSSR count). The van der Waals surface area contributed by atoms with Crippen LogP contribution in [0, 0.1) is 22.2 Å². The molecule has 1 amide bonds. The van der Waals surface area contributed by atoms with Gasteiger partial charge in [-0.3, -0.25) is 4.90 Å². The second-order valence-electron chi connectivity index (χ2n) is 9.95. The van der Waals surface area contributed by atoms with Crippen molar-refractivity contribution in [2.75, 3.05) is 6.54 Å². The van der Waals surface area contributed by atoms with Crippen molar-refractivity contribution < 1.29 is 19.4 Å². The lowest BCUT2D eigenvalue weighted by atomic mass is 9.60. The average Bonchev–Trinajstić information content (AvgIpc) is 2.75. The molecule has 3 atom stereocenters. The van der Waals surface area contributed by atoms with Crippen molar-refractivity contribution in [1.29, 1.82) is 0 Å². The first-order valence-electron chi connectivity index (χ1n) is 8.79. The van der Waals surface area contributed by atoms with Crippen LogP contribution in [0.2, 0.25) is 0 Å².